The van der Waals surface area contributed by atoms with E-state index in [4.69, 9.17) is 19.6 Å². The number of nitrogens with zero attached hydrogens (tertiary/aromatic N) is 3. The maximum absolute atomic E-state index is 12.6. The molecule has 2 aromatic carbocycles. The highest BCUT2D eigenvalue weighted by Crippen LogP contribution is 2.38. The second-order valence-electron chi connectivity index (χ2n) is 7.41. The summed E-state index contributed by atoms with van der Waals surface area (Å²) in [5.74, 6) is 1.31. The van der Waals surface area contributed by atoms with E-state index in [0.29, 0.717) is 46.3 Å². The van der Waals surface area contributed by atoms with E-state index in [1.165, 1.54) is 22.3 Å². The first-order chi connectivity index (χ1) is 16.4. The smallest absolute Gasteiger partial charge is 0.283 e. The molecule has 2 aliphatic heterocycles. The van der Waals surface area contributed by atoms with Crippen LogP contribution in [0.15, 0.2) is 56.5 Å². The van der Waals surface area contributed by atoms with E-state index in [2.05, 4.69) is 26.0 Å². The number of methoxy groups -OCH3 is 1. The quantitative estimate of drug-likeness (QED) is 0.361. The highest BCUT2D eigenvalue weighted by molar-refractivity contribution is 9.10. The fraction of sp³-hybridized carbons (Fsp3) is 0.250. The first kappa shape index (κ1) is 24.0. The van der Waals surface area contributed by atoms with Crippen LogP contribution in [0.5, 0.6) is 17.2 Å². The average Bonchev–Trinajstić information content (AvgIpc) is 3.24. The summed E-state index contributed by atoms with van der Waals surface area (Å²) < 4.78 is 17.8. The lowest BCUT2D eigenvalue weighted by atomic mass is 10.1. The summed E-state index contributed by atoms with van der Waals surface area (Å²) in [6, 6.07) is 11.4. The number of hydrazone groups is 1. The molecule has 2 aliphatic rings. The fourth-order valence-electron chi connectivity index (χ4n) is 3.24. The van der Waals surface area contributed by atoms with Crippen molar-refractivity contribution in [3.63, 3.8) is 0 Å². The van der Waals surface area contributed by atoms with Gasteiger partial charge in [-0.05, 0) is 76.9 Å². The maximum Gasteiger partial charge on any atom is 0.283 e. The molecular formula is C24H23BrN4O4S. The number of amides is 1. The standard InChI is InChI=1S/C24H23BrN4O4S/c1-4-20-28-29-22(26)17(23(30)27-24(29)34-20)11-15-12-18(25)21(19(13-15)31-3)33-10-9-32-16-7-5-14(2)6-8-16/h5-8,11-13,26H,4,9-10H2,1-3H3. The van der Waals surface area contributed by atoms with Crippen LogP contribution in [0.25, 0.3) is 6.08 Å². The predicted octanol–water partition coefficient (Wildman–Crippen LogP) is 5.25. The Balaban J connectivity index is 1.48. The lowest BCUT2D eigenvalue weighted by molar-refractivity contribution is -0.114. The van der Waals surface area contributed by atoms with Crippen LogP contribution < -0.4 is 14.2 Å². The minimum atomic E-state index is -0.472. The molecule has 176 valence electrons. The van der Waals surface area contributed by atoms with E-state index < -0.39 is 5.91 Å². The number of aryl methyl sites for hydroxylation is 1. The number of thioether (sulfide) groups is 1. The van der Waals surface area contributed by atoms with E-state index in [9.17, 15) is 4.79 Å². The van der Waals surface area contributed by atoms with Crippen molar-refractivity contribution in [3.8, 4) is 17.2 Å². The zero-order chi connectivity index (χ0) is 24.2. The van der Waals surface area contributed by atoms with Crippen molar-refractivity contribution in [1.82, 2.24) is 5.01 Å². The van der Waals surface area contributed by atoms with Crippen LogP contribution >= 0.6 is 27.7 Å². The van der Waals surface area contributed by atoms with Crippen molar-refractivity contribution in [2.45, 2.75) is 20.3 Å². The predicted molar refractivity (Wildman–Crippen MR) is 138 cm³/mol. The number of amidine groups is 2. The van der Waals surface area contributed by atoms with Gasteiger partial charge < -0.3 is 14.2 Å². The number of carbonyl (C=O) groups is 1. The molecule has 8 nitrogen and oxygen atoms in total. The SMILES string of the molecule is CCC1=NN2C(=N)C(=Cc3cc(Br)c(OCCOc4ccc(C)cc4)c(OC)c3)C(=O)N=C2S1. The summed E-state index contributed by atoms with van der Waals surface area (Å²) in [7, 11) is 1.54. The molecule has 4 rings (SSSR count). The van der Waals surface area contributed by atoms with E-state index in [1.807, 2.05) is 38.1 Å². The molecule has 0 saturated heterocycles. The summed E-state index contributed by atoms with van der Waals surface area (Å²) in [4.78, 5) is 16.7. The van der Waals surface area contributed by atoms with Gasteiger partial charge in [-0.2, -0.15) is 15.1 Å². The minimum absolute atomic E-state index is 0.00498. The summed E-state index contributed by atoms with van der Waals surface area (Å²) in [5, 5.41) is 15.5. The lowest BCUT2D eigenvalue weighted by Crippen LogP contribution is -2.35. The molecule has 0 aliphatic carbocycles. The molecule has 2 heterocycles. The van der Waals surface area contributed by atoms with Crippen molar-refractivity contribution in [2.24, 2.45) is 10.1 Å². The van der Waals surface area contributed by atoms with Gasteiger partial charge in [0.15, 0.2) is 17.3 Å². The topological polar surface area (TPSA) is 96.6 Å². The first-order valence-electron chi connectivity index (χ1n) is 10.6. The number of hydrogen-bond acceptors (Lipinski definition) is 7. The van der Waals surface area contributed by atoms with Gasteiger partial charge in [0.1, 0.15) is 24.0 Å². The number of aliphatic imine (C=N–C) groups is 1. The van der Waals surface area contributed by atoms with Gasteiger partial charge in [-0.15, -0.1) is 0 Å². The van der Waals surface area contributed by atoms with Crippen molar-refractivity contribution in [3.05, 3.63) is 57.6 Å². The molecule has 0 atom stereocenters. The Morgan fingerprint density at radius 1 is 1.18 bits per heavy atom. The van der Waals surface area contributed by atoms with E-state index in [-0.39, 0.29) is 11.4 Å². The van der Waals surface area contributed by atoms with Crippen molar-refractivity contribution in [2.75, 3.05) is 20.3 Å². The van der Waals surface area contributed by atoms with Gasteiger partial charge in [0, 0.05) is 0 Å². The number of hydrogen-bond donors (Lipinski definition) is 1. The van der Waals surface area contributed by atoms with E-state index >= 15 is 0 Å². The van der Waals surface area contributed by atoms with Crippen LogP contribution in [0.1, 0.15) is 24.5 Å². The normalized spacial score (nSPS) is 16.4. The van der Waals surface area contributed by atoms with Gasteiger partial charge >= 0.3 is 0 Å². The number of benzene rings is 2. The van der Waals surface area contributed by atoms with Gasteiger partial charge in [0.05, 0.1) is 17.2 Å². The van der Waals surface area contributed by atoms with Gasteiger partial charge in [-0.3, -0.25) is 10.2 Å². The van der Waals surface area contributed by atoms with Gasteiger partial charge in [0.25, 0.3) is 5.91 Å². The van der Waals surface area contributed by atoms with Crippen LogP contribution in [0.3, 0.4) is 0 Å². The van der Waals surface area contributed by atoms with E-state index in [0.717, 1.165) is 10.8 Å². The third-order valence-electron chi connectivity index (χ3n) is 4.98. The molecule has 0 spiro atoms. The Hall–Kier alpha value is -3.11. The zero-order valence-corrected chi connectivity index (χ0v) is 21.3. The van der Waals surface area contributed by atoms with Crippen molar-refractivity contribution < 1.29 is 19.0 Å². The summed E-state index contributed by atoms with van der Waals surface area (Å²) in [6.07, 6.45) is 2.31. The molecule has 2 aromatic rings. The van der Waals surface area contributed by atoms with Crippen molar-refractivity contribution in [1.29, 1.82) is 5.41 Å². The number of fused-ring (bicyclic) bond motifs is 1. The highest BCUT2D eigenvalue weighted by atomic mass is 79.9. The Kier molecular flexibility index (Phi) is 7.38. The maximum atomic E-state index is 12.6. The molecule has 34 heavy (non-hydrogen) atoms. The Labute approximate surface area is 210 Å². The molecule has 0 bridgehead atoms. The Morgan fingerprint density at radius 3 is 2.62 bits per heavy atom. The third kappa shape index (κ3) is 5.18. The Morgan fingerprint density at radius 2 is 1.91 bits per heavy atom. The third-order valence-corrected chi connectivity index (χ3v) is 6.62. The second-order valence-corrected chi connectivity index (χ2v) is 9.31. The monoisotopic (exact) mass is 542 g/mol. The summed E-state index contributed by atoms with van der Waals surface area (Å²) in [5.41, 5.74) is 1.98. The second kappa shape index (κ2) is 10.4. The Bertz CT molecular complexity index is 1220. The molecule has 0 saturated carbocycles. The summed E-state index contributed by atoms with van der Waals surface area (Å²) >= 11 is 4.84. The van der Waals surface area contributed by atoms with Crippen LogP contribution in [0.2, 0.25) is 0 Å². The lowest BCUT2D eigenvalue weighted by Gasteiger charge is -2.20. The van der Waals surface area contributed by atoms with Gasteiger partial charge in [-0.1, -0.05) is 24.6 Å². The molecule has 0 unspecified atom stereocenters. The molecule has 1 amide bonds. The number of ether oxygens (including phenoxy) is 3. The van der Waals surface area contributed by atoms with Crippen molar-refractivity contribution >= 4 is 55.7 Å². The highest BCUT2D eigenvalue weighted by Gasteiger charge is 2.35. The van der Waals surface area contributed by atoms with Crippen LogP contribution in [0, 0.1) is 12.3 Å². The zero-order valence-electron chi connectivity index (χ0n) is 18.9. The molecule has 1 N–H and O–H groups in total. The number of carbonyl (C=O) groups excluding carboxylic acids is 1. The molecule has 0 fully saturated rings. The van der Waals surface area contributed by atoms with Gasteiger partial charge in [-0.25, -0.2) is 0 Å². The summed E-state index contributed by atoms with van der Waals surface area (Å²) in [6.45, 7) is 4.67. The minimum Gasteiger partial charge on any atom is -0.493 e. The largest absolute Gasteiger partial charge is 0.493 e. The molecular weight excluding hydrogens is 520 g/mol. The van der Waals surface area contributed by atoms with E-state index in [1.54, 1.807) is 25.3 Å². The van der Waals surface area contributed by atoms with Crippen LogP contribution in [-0.2, 0) is 4.79 Å². The molecule has 0 radical (unpaired) electrons. The number of nitrogens with one attached hydrogen (secondary N) is 1. The molecule has 0 aromatic heterocycles. The fourth-order valence-corrected chi connectivity index (χ4v) is 4.64. The number of rotatable bonds is 8. The first-order valence-corrected chi connectivity index (χ1v) is 12.2. The van der Waals surface area contributed by atoms with Crippen LogP contribution in [0.4, 0.5) is 0 Å². The van der Waals surface area contributed by atoms with Gasteiger partial charge in [0.2, 0.25) is 5.17 Å². The molecule has 10 heteroatoms. The van der Waals surface area contributed by atoms with Crippen LogP contribution in [-0.4, -0.2) is 47.3 Å². The average molecular weight is 543 g/mol. The number of halogens is 1.